The van der Waals surface area contributed by atoms with Gasteiger partial charge >= 0.3 is 5.97 Å². The van der Waals surface area contributed by atoms with E-state index in [0.29, 0.717) is 19.6 Å². The standard InChI is InChI=1S/C15H24N2O2/c1-15(2,3)19-14(18)12-17(10-9-16)11-13-7-5-4-6-8-13/h4-8H,9-12,16H2,1-3H3. The van der Waals surface area contributed by atoms with Crippen LogP contribution in [0.1, 0.15) is 26.3 Å². The Labute approximate surface area is 115 Å². The number of rotatable bonds is 6. The predicted molar refractivity (Wildman–Crippen MR) is 76.6 cm³/mol. The van der Waals surface area contributed by atoms with Gasteiger partial charge in [-0.1, -0.05) is 30.3 Å². The molecule has 2 N–H and O–H groups in total. The van der Waals surface area contributed by atoms with E-state index < -0.39 is 5.60 Å². The molecule has 0 aliphatic heterocycles. The smallest absolute Gasteiger partial charge is 0.320 e. The second-order valence-electron chi connectivity index (χ2n) is 5.57. The van der Waals surface area contributed by atoms with E-state index in [1.54, 1.807) is 0 Å². The third kappa shape index (κ3) is 6.94. The molecule has 0 bridgehead atoms. The molecule has 4 nitrogen and oxygen atoms in total. The minimum absolute atomic E-state index is 0.211. The Balaban J connectivity index is 2.55. The van der Waals surface area contributed by atoms with Gasteiger partial charge in [0.2, 0.25) is 0 Å². The Morgan fingerprint density at radius 2 is 1.89 bits per heavy atom. The molecule has 1 aromatic carbocycles. The van der Waals surface area contributed by atoms with E-state index in [2.05, 4.69) is 0 Å². The second kappa shape index (κ2) is 7.26. The van der Waals surface area contributed by atoms with Crippen LogP contribution in [0.4, 0.5) is 0 Å². The Kier molecular flexibility index (Phi) is 5.99. The van der Waals surface area contributed by atoms with Crippen LogP contribution in [0.2, 0.25) is 0 Å². The fourth-order valence-corrected chi connectivity index (χ4v) is 1.79. The normalized spacial score (nSPS) is 11.6. The fraction of sp³-hybridized carbons (Fsp3) is 0.533. The van der Waals surface area contributed by atoms with Gasteiger partial charge in [0.15, 0.2) is 0 Å². The molecule has 0 amide bonds. The van der Waals surface area contributed by atoms with E-state index in [0.717, 1.165) is 0 Å². The number of benzene rings is 1. The zero-order chi connectivity index (χ0) is 14.3. The summed E-state index contributed by atoms with van der Waals surface area (Å²) >= 11 is 0. The molecule has 0 aromatic heterocycles. The van der Waals surface area contributed by atoms with Gasteiger partial charge in [-0.3, -0.25) is 9.69 Å². The fourth-order valence-electron chi connectivity index (χ4n) is 1.79. The highest BCUT2D eigenvalue weighted by molar-refractivity contribution is 5.72. The first-order valence-corrected chi connectivity index (χ1v) is 6.59. The zero-order valence-corrected chi connectivity index (χ0v) is 12.1. The molecule has 1 aromatic rings. The highest BCUT2D eigenvalue weighted by Crippen LogP contribution is 2.09. The van der Waals surface area contributed by atoms with Gasteiger partial charge in [0.1, 0.15) is 5.60 Å². The summed E-state index contributed by atoms with van der Waals surface area (Å²) in [6.07, 6.45) is 0. The summed E-state index contributed by atoms with van der Waals surface area (Å²) in [7, 11) is 0. The first-order chi connectivity index (χ1) is 8.90. The number of ether oxygens (including phenoxy) is 1. The molecular weight excluding hydrogens is 240 g/mol. The van der Waals surface area contributed by atoms with Gasteiger partial charge in [0.25, 0.3) is 0 Å². The lowest BCUT2D eigenvalue weighted by atomic mass is 10.2. The summed E-state index contributed by atoms with van der Waals surface area (Å²) in [6, 6.07) is 10.0. The molecule has 0 radical (unpaired) electrons. The van der Waals surface area contributed by atoms with Crippen LogP contribution in [0.3, 0.4) is 0 Å². The molecule has 0 spiro atoms. The van der Waals surface area contributed by atoms with Crippen LogP contribution in [-0.4, -0.2) is 36.1 Å². The average molecular weight is 264 g/mol. The number of nitrogens with zero attached hydrogens (tertiary/aromatic N) is 1. The molecule has 0 aliphatic rings. The lowest BCUT2D eigenvalue weighted by molar-refractivity contribution is -0.156. The van der Waals surface area contributed by atoms with Crippen LogP contribution in [0.15, 0.2) is 30.3 Å². The van der Waals surface area contributed by atoms with E-state index in [4.69, 9.17) is 10.5 Å². The summed E-state index contributed by atoms with van der Waals surface area (Å²) in [5.74, 6) is -0.211. The van der Waals surface area contributed by atoms with Crippen molar-refractivity contribution in [2.75, 3.05) is 19.6 Å². The van der Waals surface area contributed by atoms with Gasteiger partial charge in [-0.25, -0.2) is 0 Å². The number of carbonyl (C=O) groups is 1. The Bertz CT molecular complexity index is 385. The van der Waals surface area contributed by atoms with Crippen molar-refractivity contribution in [3.05, 3.63) is 35.9 Å². The number of carbonyl (C=O) groups excluding carboxylic acids is 1. The highest BCUT2D eigenvalue weighted by Gasteiger charge is 2.18. The lowest BCUT2D eigenvalue weighted by Crippen LogP contribution is -2.37. The lowest BCUT2D eigenvalue weighted by Gasteiger charge is -2.24. The molecular formula is C15H24N2O2. The molecule has 0 aliphatic carbocycles. The Morgan fingerprint density at radius 1 is 1.26 bits per heavy atom. The molecule has 19 heavy (non-hydrogen) atoms. The number of nitrogens with two attached hydrogens (primary N) is 1. The summed E-state index contributed by atoms with van der Waals surface area (Å²) in [5.41, 5.74) is 6.31. The van der Waals surface area contributed by atoms with Gasteiger partial charge in [-0.05, 0) is 26.3 Å². The predicted octanol–water partition coefficient (Wildman–Crippen LogP) is 1.79. The molecule has 0 atom stereocenters. The Morgan fingerprint density at radius 3 is 2.42 bits per heavy atom. The highest BCUT2D eigenvalue weighted by atomic mass is 16.6. The summed E-state index contributed by atoms with van der Waals surface area (Å²) in [6.45, 7) is 7.78. The molecule has 4 heteroatoms. The van der Waals surface area contributed by atoms with Gasteiger partial charge in [-0.15, -0.1) is 0 Å². The topological polar surface area (TPSA) is 55.6 Å². The SMILES string of the molecule is CC(C)(C)OC(=O)CN(CCN)Cc1ccccc1. The quantitative estimate of drug-likeness (QED) is 0.796. The monoisotopic (exact) mass is 264 g/mol. The maximum Gasteiger partial charge on any atom is 0.320 e. The van der Waals surface area contributed by atoms with E-state index in [1.807, 2.05) is 56.0 Å². The summed E-state index contributed by atoms with van der Waals surface area (Å²) < 4.78 is 5.33. The molecule has 0 unspecified atom stereocenters. The molecule has 0 heterocycles. The maximum absolute atomic E-state index is 11.8. The average Bonchev–Trinajstić information content (AvgIpc) is 2.27. The van der Waals surface area contributed by atoms with Crippen molar-refractivity contribution in [3.63, 3.8) is 0 Å². The van der Waals surface area contributed by atoms with Gasteiger partial charge in [0.05, 0.1) is 6.54 Å². The molecule has 0 fully saturated rings. The number of esters is 1. The van der Waals surface area contributed by atoms with Crippen LogP contribution in [-0.2, 0) is 16.1 Å². The van der Waals surface area contributed by atoms with Crippen LogP contribution in [0.5, 0.6) is 0 Å². The zero-order valence-electron chi connectivity index (χ0n) is 12.1. The van der Waals surface area contributed by atoms with Crippen molar-refractivity contribution >= 4 is 5.97 Å². The largest absolute Gasteiger partial charge is 0.459 e. The van der Waals surface area contributed by atoms with Gasteiger partial charge in [-0.2, -0.15) is 0 Å². The Hall–Kier alpha value is -1.39. The molecule has 0 saturated carbocycles. The van der Waals surface area contributed by atoms with Crippen molar-refractivity contribution in [1.29, 1.82) is 0 Å². The summed E-state index contributed by atoms with van der Waals surface area (Å²) in [5, 5.41) is 0. The van der Waals surface area contributed by atoms with Crippen LogP contribution in [0.25, 0.3) is 0 Å². The molecule has 106 valence electrons. The number of hydrogen-bond acceptors (Lipinski definition) is 4. The van der Waals surface area contributed by atoms with Crippen LogP contribution >= 0.6 is 0 Å². The first kappa shape index (κ1) is 15.7. The van der Waals surface area contributed by atoms with Crippen molar-refractivity contribution in [2.45, 2.75) is 32.9 Å². The van der Waals surface area contributed by atoms with Crippen molar-refractivity contribution in [2.24, 2.45) is 5.73 Å². The van der Waals surface area contributed by atoms with Crippen molar-refractivity contribution < 1.29 is 9.53 Å². The van der Waals surface area contributed by atoms with E-state index in [-0.39, 0.29) is 12.5 Å². The van der Waals surface area contributed by atoms with Crippen molar-refractivity contribution in [3.8, 4) is 0 Å². The van der Waals surface area contributed by atoms with Crippen molar-refractivity contribution in [1.82, 2.24) is 4.90 Å². The number of hydrogen-bond donors (Lipinski definition) is 1. The van der Waals surface area contributed by atoms with E-state index >= 15 is 0 Å². The van der Waals surface area contributed by atoms with Gasteiger partial charge < -0.3 is 10.5 Å². The minimum atomic E-state index is -0.446. The van der Waals surface area contributed by atoms with Crippen LogP contribution in [0, 0.1) is 0 Å². The third-order valence-corrected chi connectivity index (χ3v) is 2.47. The van der Waals surface area contributed by atoms with E-state index in [9.17, 15) is 4.79 Å². The van der Waals surface area contributed by atoms with E-state index in [1.165, 1.54) is 5.56 Å². The molecule has 1 rings (SSSR count). The minimum Gasteiger partial charge on any atom is -0.459 e. The summed E-state index contributed by atoms with van der Waals surface area (Å²) in [4.78, 5) is 13.8. The second-order valence-corrected chi connectivity index (χ2v) is 5.57. The maximum atomic E-state index is 11.8. The third-order valence-electron chi connectivity index (χ3n) is 2.47. The van der Waals surface area contributed by atoms with Gasteiger partial charge in [0, 0.05) is 19.6 Å². The van der Waals surface area contributed by atoms with Crippen LogP contribution < -0.4 is 5.73 Å². The first-order valence-electron chi connectivity index (χ1n) is 6.59. The molecule has 0 saturated heterocycles.